The minimum atomic E-state index is -0.568. The minimum Gasteiger partial charge on any atom is -0.463 e. The number of ether oxygens (including phenoxy) is 1. The number of thiazole rings is 1. The van der Waals surface area contributed by atoms with Crippen LogP contribution in [0.1, 0.15) is 36.6 Å². The molecule has 0 N–H and O–H groups in total. The number of hydrogen-bond acceptors (Lipinski definition) is 5. The van der Waals surface area contributed by atoms with Crippen molar-refractivity contribution in [1.82, 2.24) is 4.57 Å². The number of rotatable bonds is 4. The van der Waals surface area contributed by atoms with Gasteiger partial charge in [-0.1, -0.05) is 71.5 Å². The Morgan fingerprint density at radius 1 is 1.13 bits per heavy atom. The van der Waals surface area contributed by atoms with Gasteiger partial charge in [0.05, 0.1) is 28.5 Å². The average Bonchev–Trinajstić information content (AvgIpc) is 3.04. The summed E-state index contributed by atoms with van der Waals surface area (Å²) in [5.74, 6) is -0.444. The van der Waals surface area contributed by atoms with Gasteiger partial charge in [0.25, 0.3) is 5.56 Å². The van der Waals surface area contributed by atoms with E-state index in [9.17, 15) is 9.59 Å². The molecule has 0 unspecified atom stereocenters. The van der Waals surface area contributed by atoms with Crippen LogP contribution in [0.3, 0.4) is 0 Å². The number of benzene rings is 2. The van der Waals surface area contributed by atoms with Crippen LogP contribution < -0.4 is 14.9 Å². The largest absolute Gasteiger partial charge is 0.463 e. The van der Waals surface area contributed by atoms with E-state index < -0.39 is 12.0 Å². The molecule has 4 rings (SSSR count). The first kappa shape index (κ1) is 20.0. The molecule has 0 spiro atoms. The summed E-state index contributed by atoms with van der Waals surface area (Å²) in [5.41, 5.74) is 3.76. The highest BCUT2D eigenvalue weighted by Crippen LogP contribution is 2.30. The molecule has 30 heavy (non-hydrogen) atoms. The summed E-state index contributed by atoms with van der Waals surface area (Å²) in [4.78, 5) is 31.4. The first-order chi connectivity index (χ1) is 14.5. The minimum absolute atomic E-state index is 0.164. The Morgan fingerprint density at radius 2 is 1.83 bits per heavy atom. The molecule has 1 atom stereocenters. The van der Waals surface area contributed by atoms with Crippen molar-refractivity contribution in [3.05, 3.63) is 102 Å². The Labute approximate surface area is 178 Å². The van der Waals surface area contributed by atoms with Crippen molar-refractivity contribution in [3.63, 3.8) is 0 Å². The molecule has 0 saturated heterocycles. The van der Waals surface area contributed by atoms with Crippen molar-refractivity contribution >= 4 is 23.4 Å². The molecule has 0 amide bonds. The maximum absolute atomic E-state index is 13.4. The van der Waals surface area contributed by atoms with Crippen LogP contribution in [0.4, 0.5) is 0 Å². The van der Waals surface area contributed by atoms with E-state index in [-0.39, 0.29) is 12.2 Å². The highest BCUT2D eigenvalue weighted by atomic mass is 32.1. The molecule has 2 heterocycles. The van der Waals surface area contributed by atoms with E-state index in [2.05, 4.69) is 4.99 Å². The molecule has 0 bridgehead atoms. The lowest BCUT2D eigenvalue weighted by Crippen LogP contribution is -2.39. The fourth-order valence-corrected chi connectivity index (χ4v) is 4.60. The maximum atomic E-state index is 13.4. The highest BCUT2D eigenvalue weighted by Gasteiger charge is 2.33. The Kier molecular flexibility index (Phi) is 5.50. The fourth-order valence-electron chi connectivity index (χ4n) is 3.56. The van der Waals surface area contributed by atoms with Crippen LogP contribution in [-0.4, -0.2) is 17.1 Å². The van der Waals surface area contributed by atoms with E-state index >= 15 is 0 Å². The molecule has 2 aromatic carbocycles. The van der Waals surface area contributed by atoms with Gasteiger partial charge >= 0.3 is 5.97 Å². The van der Waals surface area contributed by atoms with Crippen molar-refractivity contribution in [2.24, 2.45) is 4.99 Å². The molecule has 3 aromatic rings. The van der Waals surface area contributed by atoms with E-state index in [4.69, 9.17) is 4.74 Å². The Hall–Kier alpha value is -3.25. The Morgan fingerprint density at radius 3 is 2.50 bits per heavy atom. The summed E-state index contributed by atoms with van der Waals surface area (Å²) in [6.45, 7) is 5.84. The molecule has 0 fully saturated rings. The van der Waals surface area contributed by atoms with Crippen LogP contribution in [0.2, 0.25) is 0 Å². The van der Waals surface area contributed by atoms with Gasteiger partial charge in [0.15, 0.2) is 4.80 Å². The second kappa shape index (κ2) is 8.24. The summed E-state index contributed by atoms with van der Waals surface area (Å²) in [7, 11) is 0. The molecule has 0 saturated carbocycles. The summed E-state index contributed by atoms with van der Waals surface area (Å²) >= 11 is 1.33. The molecule has 5 nitrogen and oxygen atoms in total. The van der Waals surface area contributed by atoms with Crippen LogP contribution in [-0.2, 0) is 9.53 Å². The van der Waals surface area contributed by atoms with Gasteiger partial charge in [-0.15, -0.1) is 0 Å². The van der Waals surface area contributed by atoms with Gasteiger partial charge in [-0.2, -0.15) is 0 Å². The number of nitrogens with zero attached hydrogens (tertiary/aromatic N) is 2. The van der Waals surface area contributed by atoms with E-state index in [1.54, 1.807) is 18.4 Å². The molecule has 6 heteroatoms. The van der Waals surface area contributed by atoms with Crippen molar-refractivity contribution in [1.29, 1.82) is 0 Å². The number of aromatic nitrogens is 1. The predicted octanol–water partition coefficient (Wildman–Crippen LogP) is 3.11. The third-order valence-electron chi connectivity index (χ3n) is 5.01. The van der Waals surface area contributed by atoms with Crippen molar-refractivity contribution in [2.75, 3.05) is 6.61 Å². The van der Waals surface area contributed by atoms with Crippen LogP contribution >= 0.6 is 11.3 Å². The quantitative estimate of drug-likeness (QED) is 0.612. The smallest absolute Gasteiger partial charge is 0.338 e. The molecule has 1 aliphatic rings. The summed E-state index contributed by atoms with van der Waals surface area (Å²) in [6.07, 6.45) is 1.87. The SMILES string of the molecule is CCOC(=O)C1=C(C)N=c2s/c(=C/c3ccc(C)cc3)c(=O)n2[C@H]1c1ccccc1. The van der Waals surface area contributed by atoms with E-state index in [0.717, 1.165) is 16.7 Å². The average molecular weight is 419 g/mol. The zero-order chi connectivity index (χ0) is 21.3. The zero-order valence-electron chi connectivity index (χ0n) is 17.1. The predicted molar refractivity (Wildman–Crippen MR) is 118 cm³/mol. The molecule has 0 aliphatic carbocycles. The molecule has 1 aromatic heterocycles. The van der Waals surface area contributed by atoms with E-state index in [0.29, 0.717) is 20.6 Å². The number of fused-ring (bicyclic) bond motifs is 1. The fraction of sp³-hybridized carbons (Fsp3) is 0.208. The second-order valence-corrected chi connectivity index (χ2v) is 8.13. The molecule has 0 radical (unpaired) electrons. The molecular formula is C24H22N2O3S. The van der Waals surface area contributed by atoms with E-state index in [1.165, 1.54) is 11.3 Å². The lowest BCUT2D eigenvalue weighted by molar-refractivity contribution is -0.139. The second-order valence-electron chi connectivity index (χ2n) is 7.12. The standard InChI is InChI=1S/C24H22N2O3S/c1-4-29-23(28)20-16(3)25-24-26(21(20)18-8-6-5-7-9-18)22(27)19(30-24)14-17-12-10-15(2)11-13-17/h5-14,21H,4H2,1-3H3/b19-14+/t21-/m0/s1. The zero-order valence-corrected chi connectivity index (χ0v) is 17.9. The van der Waals surface area contributed by atoms with Crippen LogP contribution in [0.5, 0.6) is 0 Å². The number of carbonyl (C=O) groups excluding carboxylic acids is 1. The lowest BCUT2D eigenvalue weighted by atomic mass is 9.96. The number of hydrogen-bond donors (Lipinski definition) is 0. The molecule has 1 aliphatic heterocycles. The third kappa shape index (κ3) is 3.66. The number of aryl methyl sites for hydroxylation is 1. The summed E-state index contributed by atoms with van der Waals surface area (Å²) < 4.78 is 7.49. The van der Waals surface area contributed by atoms with Gasteiger partial charge in [0.2, 0.25) is 0 Å². The number of carbonyl (C=O) groups is 1. The third-order valence-corrected chi connectivity index (χ3v) is 5.99. The van der Waals surface area contributed by atoms with Gasteiger partial charge in [-0.25, -0.2) is 9.79 Å². The lowest BCUT2D eigenvalue weighted by Gasteiger charge is -2.24. The summed E-state index contributed by atoms with van der Waals surface area (Å²) in [5, 5.41) is 0. The Balaban J connectivity index is 1.94. The highest BCUT2D eigenvalue weighted by molar-refractivity contribution is 7.07. The first-order valence-electron chi connectivity index (χ1n) is 9.81. The summed E-state index contributed by atoms with van der Waals surface area (Å²) in [6, 6.07) is 17.0. The van der Waals surface area contributed by atoms with Crippen LogP contribution in [0.15, 0.2) is 75.7 Å². The van der Waals surface area contributed by atoms with Crippen molar-refractivity contribution in [2.45, 2.75) is 26.8 Å². The van der Waals surface area contributed by atoms with Crippen LogP contribution in [0.25, 0.3) is 6.08 Å². The van der Waals surface area contributed by atoms with Gasteiger partial charge in [0.1, 0.15) is 0 Å². The van der Waals surface area contributed by atoms with Crippen LogP contribution in [0, 0.1) is 6.92 Å². The maximum Gasteiger partial charge on any atom is 0.338 e. The van der Waals surface area contributed by atoms with Crippen molar-refractivity contribution in [3.8, 4) is 0 Å². The first-order valence-corrected chi connectivity index (χ1v) is 10.6. The van der Waals surface area contributed by atoms with Gasteiger partial charge in [-0.05, 0) is 38.0 Å². The number of allylic oxidation sites excluding steroid dienone is 1. The van der Waals surface area contributed by atoms with Crippen molar-refractivity contribution < 1.29 is 9.53 Å². The monoisotopic (exact) mass is 418 g/mol. The topological polar surface area (TPSA) is 60.7 Å². The van der Waals surface area contributed by atoms with E-state index in [1.807, 2.05) is 67.6 Å². The van der Waals surface area contributed by atoms with Gasteiger partial charge in [0, 0.05) is 0 Å². The van der Waals surface area contributed by atoms with Gasteiger partial charge in [-0.3, -0.25) is 9.36 Å². The van der Waals surface area contributed by atoms with Gasteiger partial charge < -0.3 is 4.74 Å². The normalized spacial score (nSPS) is 16.2. The molecule has 152 valence electrons. The number of esters is 1. The molecular weight excluding hydrogens is 396 g/mol. The Bertz CT molecular complexity index is 1300.